The Bertz CT molecular complexity index is 1400. The van der Waals surface area contributed by atoms with Gasteiger partial charge in [-0.05, 0) is 119 Å². The van der Waals surface area contributed by atoms with Crippen LogP contribution in [0.5, 0.6) is 0 Å². The standard InChI is InChI=1S/C20H31N5O.C15H20ClN3O/c1-23-3-5-25(6-4-23)20-17(12-21-24(20)2)19(26)22-18-15-8-13-7-14(10-15)11-16(18)9-13;1-19-14(16)12(7-17-19)15(20)18-13-10-3-8-2-9(5-10)6-11(13)4-8/h12-16,18H,3-11H2,1-2H3,(H,22,26);7-11,13H,2-6H2,1H3,(H,18,20). The van der Waals surface area contributed by atoms with Gasteiger partial charge < -0.3 is 20.4 Å². The Hall–Kier alpha value is -2.59. The molecular formula is C35H51ClN8O2. The molecule has 1 saturated heterocycles. The predicted octanol–water partition coefficient (Wildman–Crippen LogP) is 4.35. The minimum Gasteiger partial charge on any atom is -0.354 e. The Labute approximate surface area is 277 Å². The van der Waals surface area contributed by atoms with Crippen molar-refractivity contribution in [2.24, 2.45) is 61.4 Å². The number of hydrogen-bond acceptors (Lipinski definition) is 6. The lowest BCUT2D eigenvalue weighted by atomic mass is 9.54. The molecule has 9 aliphatic rings. The molecule has 10 nitrogen and oxygen atoms in total. The summed E-state index contributed by atoms with van der Waals surface area (Å²) in [5.74, 6) is 7.52. The molecule has 2 N–H and O–H groups in total. The summed E-state index contributed by atoms with van der Waals surface area (Å²) in [5, 5.41) is 15.6. The first kappa shape index (κ1) is 30.7. The number of aromatic nitrogens is 4. The summed E-state index contributed by atoms with van der Waals surface area (Å²) in [4.78, 5) is 30.3. The summed E-state index contributed by atoms with van der Waals surface area (Å²) < 4.78 is 3.41. The third kappa shape index (κ3) is 5.65. The van der Waals surface area contributed by atoms with E-state index in [-0.39, 0.29) is 11.8 Å². The van der Waals surface area contributed by atoms with Crippen LogP contribution in [0.1, 0.15) is 84.9 Å². The summed E-state index contributed by atoms with van der Waals surface area (Å²) >= 11 is 6.11. The fourth-order valence-electron chi connectivity index (χ4n) is 11.3. The van der Waals surface area contributed by atoms with Crippen LogP contribution in [0.2, 0.25) is 5.15 Å². The normalized spacial score (nSPS) is 37.3. The number of anilines is 1. The number of hydrogen-bond donors (Lipinski definition) is 2. The van der Waals surface area contributed by atoms with E-state index in [1.165, 1.54) is 68.9 Å². The van der Waals surface area contributed by atoms with Gasteiger partial charge in [0.25, 0.3) is 11.8 Å². The van der Waals surface area contributed by atoms with Gasteiger partial charge in [-0.1, -0.05) is 11.6 Å². The van der Waals surface area contributed by atoms with Gasteiger partial charge in [0.1, 0.15) is 16.5 Å². The zero-order chi connectivity index (χ0) is 31.7. The first-order valence-electron chi connectivity index (χ1n) is 17.9. The fourth-order valence-corrected chi connectivity index (χ4v) is 11.5. The maximum absolute atomic E-state index is 13.2. The van der Waals surface area contributed by atoms with Gasteiger partial charge in [-0.15, -0.1) is 0 Å². The number of aryl methyl sites for hydroxylation is 2. The SMILES string of the molecule is CN1CCN(c2c(C(=O)NC3C4CC5CC(C4)CC3C5)cnn2C)CC1.Cn1ncc(C(=O)NC2C3CC4CC(C3)CC2C4)c1Cl. The fraction of sp³-hybridized carbons (Fsp3) is 0.771. The van der Waals surface area contributed by atoms with Gasteiger partial charge in [0.05, 0.1) is 18.0 Å². The maximum Gasteiger partial charge on any atom is 0.256 e. The number of piperazine rings is 1. The summed E-state index contributed by atoms with van der Waals surface area (Å²) in [6.45, 7) is 3.96. The second-order valence-electron chi connectivity index (χ2n) is 16.1. The molecule has 3 heterocycles. The highest BCUT2D eigenvalue weighted by atomic mass is 35.5. The molecule has 2 amide bonds. The highest BCUT2D eigenvalue weighted by Crippen LogP contribution is 2.55. The Balaban J connectivity index is 0.000000140. The molecule has 8 saturated carbocycles. The lowest BCUT2D eigenvalue weighted by Gasteiger charge is -2.54. The van der Waals surface area contributed by atoms with Crippen LogP contribution >= 0.6 is 11.6 Å². The summed E-state index contributed by atoms with van der Waals surface area (Å²) in [6.07, 6.45) is 16.7. The molecule has 8 aliphatic carbocycles. The molecule has 8 bridgehead atoms. The van der Waals surface area contributed by atoms with Crippen LogP contribution in [0.15, 0.2) is 12.4 Å². The molecule has 0 radical (unpaired) electrons. The Morgan fingerprint density at radius 2 is 1.04 bits per heavy atom. The summed E-state index contributed by atoms with van der Waals surface area (Å²) in [7, 11) is 5.86. The Morgan fingerprint density at radius 3 is 1.48 bits per heavy atom. The van der Waals surface area contributed by atoms with Crippen LogP contribution in [-0.4, -0.2) is 81.6 Å². The van der Waals surface area contributed by atoms with E-state index in [0.29, 0.717) is 46.5 Å². The largest absolute Gasteiger partial charge is 0.354 e. The quantitative estimate of drug-likeness (QED) is 0.499. The van der Waals surface area contributed by atoms with E-state index in [4.69, 9.17) is 11.6 Å². The maximum atomic E-state index is 13.2. The molecule has 46 heavy (non-hydrogen) atoms. The number of nitrogens with one attached hydrogen (secondary N) is 2. The van der Waals surface area contributed by atoms with Gasteiger partial charge in [-0.2, -0.15) is 10.2 Å². The van der Waals surface area contributed by atoms with Crippen LogP contribution < -0.4 is 15.5 Å². The van der Waals surface area contributed by atoms with Gasteiger partial charge in [0.15, 0.2) is 0 Å². The first-order valence-corrected chi connectivity index (χ1v) is 18.3. The number of likely N-dealkylation sites (N-methyl/N-ethyl adjacent to an activating group) is 1. The lowest BCUT2D eigenvalue weighted by molar-refractivity contribution is -0.0119. The number of rotatable bonds is 5. The molecular weight excluding hydrogens is 600 g/mol. The van der Waals surface area contributed by atoms with E-state index < -0.39 is 0 Å². The van der Waals surface area contributed by atoms with Crippen LogP contribution in [0.4, 0.5) is 5.82 Å². The number of nitrogens with zero attached hydrogens (tertiary/aromatic N) is 6. The summed E-state index contributed by atoms with van der Waals surface area (Å²) in [5.41, 5.74) is 1.26. The van der Waals surface area contributed by atoms with E-state index in [1.807, 2.05) is 11.7 Å². The monoisotopic (exact) mass is 650 g/mol. The molecule has 1 aliphatic heterocycles. The molecule has 2 aromatic rings. The van der Waals surface area contributed by atoms with Crippen molar-refractivity contribution >= 4 is 29.2 Å². The van der Waals surface area contributed by atoms with Crippen LogP contribution in [0.3, 0.4) is 0 Å². The highest BCUT2D eigenvalue weighted by Gasteiger charge is 2.50. The van der Waals surface area contributed by atoms with Gasteiger partial charge in [-0.3, -0.25) is 19.0 Å². The van der Waals surface area contributed by atoms with E-state index in [0.717, 1.165) is 61.2 Å². The average Bonchev–Trinajstić information content (AvgIpc) is 3.58. The van der Waals surface area contributed by atoms with Crippen molar-refractivity contribution in [1.29, 1.82) is 0 Å². The van der Waals surface area contributed by atoms with Crippen molar-refractivity contribution in [2.45, 2.75) is 76.3 Å². The van der Waals surface area contributed by atoms with Gasteiger partial charge in [-0.25, -0.2) is 0 Å². The Morgan fingerprint density at radius 1 is 0.630 bits per heavy atom. The van der Waals surface area contributed by atoms with Crippen molar-refractivity contribution < 1.29 is 9.59 Å². The van der Waals surface area contributed by atoms with E-state index in [2.05, 4.69) is 37.7 Å². The number of carbonyl (C=O) groups excluding carboxylic acids is 2. The molecule has 0 atom stereocenters. The first-order chi connectivity index (χ1) is 22.2. The molecule has 9 fully saturated rings. The van der Waals surface area contributed by atoms with Crippen molar-refractivity contribution in [3.63, 3.8) is 0 Å². The van der Waals surface area contributed by atoms with Crippen molar-refractivity contribution in [3.05, 3.63) is 28.7 Å². The van der Waals surface area contributed by atoms with Crippen molar-refractivity contribution in [1.82, 2.24) is 35.1 Å². The number of carbonyl (C=O) groups is 2. The minimum atomic E-state index is -0.0550. The average molecular weight is 651 g/mol. The van der Waals surface area contributed by atoms with Gasteiger partial charge in [0, 0.05) is 52.4 Å². The smallest absolute Gasteiger partial charge is 0.256 e. The molecule has 11 rings (SSSR count). The molecule has 11 heteroatoms. The van der Waals surface area contributed by atoms with Crippen molar-refractivity contribution in [2.75, 3.05) is 38.1 Å². The van der Waals surface area contributed by atoms with Crippen LogP contribution in [0, 0.1) is 47.3 Å². The summed E-state index contributed by atoms with van der Waals surface area (Å²) in [6, 6.07) is 0.738. The van der Waals surface area contributed by atoms with Crippen LogP contribution in [-0.2, 0) is 14.1 Å². The molecule has 250 valence electrons. The lowest BCUT2D eigenvalue weighted by Crippen LogP contribution is -2.56. The Kier molecular flexibility index (Phi) is 8.11. The third-order valence-electron chi connectivity index (χ3n) is 13.1. The third-order valence-corrected chi connectivity index (χ3v) is 13.6. The predicted molar refractivity (Wildman–Crippen MR) is 178 cm³/mol. The zero-order valence-corrected chi connectivity index (χ0v) is 28.5. The molecule has 0 unspecified atom stereocenters. The zero-order valence-electron chi connectivity index (χ0n) is 27.7. The molecule has 2 aromatic heterocycles. The second-order valence-corrected chi connectivity index (χ2v) is 16.5. The van der Waals surface area contributed by atoms with E-state index >= 15 is 0 Å². The molecule has 0 spiro atoms. The van der Waals surface area contributed by atoms with Crippen molar-refractivity contribution in [3.8, 4) is 0 Å². The minimum absolute atomic E-state index is 0.0550. The van der Waals surface area contributed by atoms with Gasteiger partial charge >= 0.3 is 0 Å². The second kappa shape index (κ2) is 12.1. The van der Waals surface area contributed by atoms with Gasteiger partial charge in [0.2, 0.25) is 0 Å². The topological polar surface area (TPSA) is 100 Å². The number of amides is 2. The van der Waals surface area contributed by atoms with E-state index in [9.17, 15) is 9.59 Å². The van der Waals surface area contributed by atoms with E-state index in [1.54, 1.807) is 19.4 Å². The van der Waals surface area contributed by atoms with Crippen LogP contribution in [0.25, 0.3) is 0 Å². The highest BCUT2D eigenvalue weighted by molar-refractivity contribution is 6.32. The number of halogens is 1. The molecule has 0 aromatic carbocycles.